The van der Waals surface area contributed by atoms with E-state index in [2.05, 4.69) is 4.98 Å². The fraction of sp³-hybridized carbons (Fsp3) is 0.0455. The number of para-hydroxylation sites is 1. The molecule has 0 fully saturated rings. The standard InChI is InChI=1S/C22H16N2O4S/c25-19-11-10-14-6-4-5-9-16(14)17(19)12-18-21(28)24(15-7-2-1-3-8-15)22(23-18)29-13-20(26)27/h1-12,28H,13H2,(H,26,27)/b17-12+. The zero-order valence-electron chi connectivity index (χ0n) is 15.1. The van der Waals surface area contributed by atoms with Crippen molar-refractivity contribution < 1.29 is 19.8 Å². The van der Waals surface area contributed by atoms with Gasteiger partial charge < -0.3 is 10.2 Å². The smallest absolute Gasteiger partial charge is 0.313 e. The van der Waals surface area contributed by atoms with Crippen LogP contribution in [-0.2, 0) is 9.59 Å². The molecule has 6 nitrogen and oxygen atoms in total. The maximum Gasteiger partial charge on any atom is 0.313 e. The van der Waals surface area contributed by atoms with Crippen molar-refractivity contribution in [1.82, 2.24) is 9.55 Å². The number of imidazole rings is 1. The largest absolute Gasteiger partial charge is 0.493 e. The van der Waals surface area contributed by atoms with E-state index in [0.717, 1.165) is 22.9 Å². The minimum atomic E-state index is -0.987. The highest BCUT2D eigenvalue weighted by molar-refractivity contribution is 7.99. The quantitative estimate of drug-likeness (QED) is 0.495. The summed E-state index contributed by atoms with van der Waals surface area (Å²) in [4.78, 5) is 27.9. The first kappa shape index (κ1) is 18.8. The zero-order valence-corrected chi connectivity index (χ0v) is 16.0. The number of hydrogen-bond donors (Lipinski definition) is 2. The molecule has 1 aromatic heterocycles. The molecule has 2 aromatic carbocycles. The summed E-state index contributed by atoms with van der Waals surface area (Å²) in [5.41, 5.74) is 2.93. The molecule has 1 aliphatic carbocycles. The second-order valence-electron chi connectivity index (χ2n) is 6.30. The lowest BCUT2D eigenvalue weighted by atomic mass is 9.91. The van der Waals surface area contributed by atoms with Gasteiger partial charge in [0.15, 0.2) is 10.9 Å². The van der Waals surface area contributed by atoms with Gasteiger partial charge in [0.1, 0.15) is 5.69 Å². The van der Waals surface area contributed by atoms with Gasteiger partial charge in [-0.3, -0.25) is 14.2 Å². The normalized spacial score (nSPS) is 14.2. The van der Waals surface area contributed by atoms with E-state index < -0.39 is 5.97 Å². The number of carbonyl (C=O) groups is 2. The van der Waals surface area contributed by atoms with Crippen molar-refractivity contribution in [3.63, 3.8) is 0 Å². The van der Waals surface area contributed by atoms with E-state index in [9.17, 15) is 14.7 Å². The number of rotatable bonds is 5. The number of carboxylic acid groups (broad SMARTS) is 1. The Bertz CT molecular complexity index is 1160. The highest BCUT2D eigenvalue weighted by Crippen LogP contribution is 2.34. The molecular weight excluding hydrogens is 388 g/mol. The third-order valence-corrected chi connectivity index (χ3v) is 5.32. The first-order chi connectivity index (χ1) is 14.0. The van der Waals surface area contributed by atoms with Gasteiger partial charge in [0.2, 0.25) is 5.88 Å². The van der Waals surface area contributed by atoms with Crippen LogP contribution in [-0.4, -0.2) is 37.3 Å². The van der Waals surface area contributed by atoms with Gasteiger partial charge in [-0.1, -0.05) is 60.3 Å². The Morgan fingerprint density at radius 2 is 1.79 bits per heavy atom. The van der Waals surface area contributed by atoms with E-state index in [1.165, 1.54) is 10.6 Å². The van der Waals surface area contributed by atoms with Crippen LogP contribution in [0.25, 0.3) is 23.4 Å². The summed E-state index contributed by atoms with van der Waals surface area (Å²) in [7, 11) is 0. The monoisotopic (exact) mass is 404 g/mol. The second-order valence-corrected chi connectivity index (χ2v) is 7.24. The molecule has 0 atom stereocenters. The topological polar surface area (TPSA) is 92.4 Å². The molecule has 0 aliphatic heterocycles. The number of thioether (sulfide) groups is 1. The van der Waals surface area contributed by atoms with E-state index in [1.54, 1.807) is 24.3 Å². The van der Waals surface area contributed by atoms with Crippen molar-refractivity contribution in [1.29, 1.82) is 0 Å². The maximum atomic E-state index is 12.5. The molecule has 7 heteroatoms. The van der Waals surface area contributed by atoms with E-state index in [1.807, 2.05) is 42.5 Å². The summed E-state index contributed by atoms with van der Waals surface area (Å²) in [6.07, 6.45) is 4.79. The summed E-state index contributed by atoms with van der Waals surface area (Å²) in [5, 5.41) is 20.2. The number of aromatic nitrogens is 2. The lowest BCUT2D eigenvalue weighted by molar-refractivity contribution is -0.133. The summed E-state index contributed by atoms with van der Waals surface area (Å²) >= 11 is 0.998. The summed E-state index contributed by atoms with van der Waals surface area (Å²) in [6.45, 7) is 0. The third-order valence-electron chi connectivity index (χ3n) is 4.40. The van der Waals surface area contributed by atoms with Crippen molar-refractivity contribution in [2.45, 2.75) is 5.16 Å². The van der Waals surface area contributed by atoms with Crippen LogP contribution >= 0.6 is 11.8 Å². The molecule has 0 bridgehead atoms. The highest BCUT2D eigenvalue weighted by atomic mass is 32.2. The molecule has 3 aromatic rings. The summed E-state index contributed by atoms with van der Waals surface area (Å²) < 4.78 is 1.48. The van der Waals surface area contributed by atoms with Gasteiger partial charge in [0, 0.05) is 5.57 Å². The van der Waals surface area contributed by atoms with E-state index in [-0.39, 0.29) is 23.1 Å². The van der Waals surface area contributed by atoms with Crippen molar-refractivity contribution in [3.8, 4) is 11.6 Å². The average Bonchev–Trinajstić information content (AvgIpc) is 3.04. The molecule has 0 unspecified atom stereocenters. The highest BCUT2D eigenvalue weighted by Gasteiger charge is 2.22. The number of carboxylic acids is 1. The molecule has 1 aliphatic rings. The van der Waals surface area contributed by atoms with Gasteiger partial charge in [-0.15, -0.1) is 0 Å². The number of fused-ring (bicyclic) bond motifs is 1. The Morgan fingerprint density at radius 1 is 1.07 bits per heavy atom. The Labute approximate surface area is 170 Å². The van der Waals surface area contributed by atoms with Crippen LogP contribution in [0.2, 0.25) is 0 Å². The minimum absolute atomic E-state index is 0.156. The molecule has 0 saturated carbocycles. The van der Waals surface area contributed by atoms with Crippen LogP contribution in [0.3, 0.4) is 0 Å². The van der Waals surface area contributed by atoms with E-state index >= 15 is 0 Å². The number of benzene rings is 2. The van der Waals surface area contributed by atoms with Gasteiger partial charge in [0.05, 0.1) is 11.4 Å². The third kappa shape index (κ3) is 3.72. The number of ketones is 1. The Hall–Kier alpha value is -3.58. The molecule has 0 spiro atoms. The van der Waals surface area contributed by atoms with Crippen molar-refractivity contribution in [2.24, 2.45) is 0 Å². The van der Waals surface area contributed by atoms with Crippen LogP contribution in [0.15, 0.2) is 65.8 Å². The molecule has 144 valence electrons. The minimum Gasteiger partial charge on any atom is -0.493 e. The van der Waals surface area contributed by atoms with Crippen LogP contribution in [0.5, 0.6) is 5.88 Å². The van der Waals surface area contributed by atoms with Crippen LogP contribution in [0.1, 0.15) is 16.8 Å². The molecule has 4 rings (SSSR count). The number of aliphatic carboxylic acids is 1. The average molecular weight is 404 g/mol. The SMILES string of the molecule is O=C(O)CSc1nc(/C=C2/C(=O)C=Cc3ccccc32)c(O)n1-c1ccccc1. The molecule has 0 radical (unpaired) electrons. The molecule has 0 amide bonds. The zero-order chi connectivity index (χ0) is 20.4. The van der Waals surface area contributed by atoms with Crippen LogP contribution in [0.4, 0.5) is 0 Å². The van der Waals surface area contributed by atoms with Crippen molar-refractivity contribution in [3.05, 3.63) is 77.5 Å². The van der Waals surface area contributed by atoms with Gasteiger partial charge in [0.25, 0.3) is 0 Å². The molecule has 2 N–H and O–H groups in total. The Balaban J connectivity index is 1.85. The molecule has 1 heterocycles. The van der Waals surface area contributed by atoms with Crippen LogP contribution < -0.4 is 0 Å². The van der Waals surface area contributed by atoms with Gasteiger partial charge in [-0.05, 0) is 35.4 Å². The number of allylic oxidation sites excluding steroid dienone is 2. The summed E-state index contributed by atoms with van der Waals surface area (Å²) in [6, 6.07) is 16.5. The molecular formula is C22H16N2O4S. The maximum absolute atomic E-state index is 12.5. The summed E-state index contributed by atoms with van der Waals surface area (Å²) in [5.74, 6) is -1.53. The number of hydrogen-bond acceptors (Lipinski definition) is 5. The van der Waals surface area contributed by atoms with Crippen molar-refractivity contribution in [2.75, 3.05) is 5.75 Å². The fourth-order valence-corrected chi connectivity index (χ4v) is 3.84. The first-order valence-electron chi connectivity index (χ1n) is 8.80. The molecule has 29 heavy (non-hydrogen) atoms. The number of carbonyl (C=O) groups excluding carboxylic acids is 1. The predicted molar refractivity (Wildman–Crippen MR) is 112 cm³/mol. The Kier molecular flexibility index (Phi) is 5.05. The first-order valence-corrected chi connectivity index (χ1v) is 9.78. The molecule has 0 saturated heterocycles. The van der Waals surface area contributed by atoms with Gasteiger partial charge in [-0.2, -0.15) is 0 Å². The van der Waals surface area contributed by atoms with Crippen LogP contribution in [0, 0.1) is 0 Å². The van der Waals surface area contributed by atoms with Crippen molar-refractivity contribution >= 4 is 41.2 Å². The van der Waals surface area contributed by atoms with E-state index in [4.69, 9.17) is 5.11 Å². The Morgan fingerprint density at radius 3 is 2.55 bits per heavy atom. The predicted octanol–water partition coefficient (Wildman–Crippen LogP) is 3.89. The van der Waals surface area contributed by atoms with E-state index in [0.29, 0.717) is 16.4 Å². The number of nitrogens with zero attached hydrogens (tertiary/aromatic N) is 2. The van der Waals surface area contributed by atoms with Gasteiger partial charge in [-0.25, -0.2) is 4.98 Å². The lowest BCUT2D eigenvalue weighted by Crippen LogP contribution is -2.04. The number of aromatic hydroxyl groups is 1. The van der Waals surface area contributed by atoms with Gasteiger partial charge >= 0.3 is 5.97 Å². The fourth-order valence-electron chi connectivity index (χ4n) is 3.10. The second kappa shape index (κ2) is 7.81. The lowest BCUT2D eigenvalue weighted by Gasteiger charge is -2.12.